The minimum absolute atomic E-state index is 0.0450. The molecule has 2 N–H and O–H groups in total. The van der Waals surface area contributed by atoms with Gasteiger partial charge in [-0.05, 0) is 43.4 Å². The summed E-state index contributed by atoms with van der Waals surface area (Å²) in [7, 11) is 3.46. The Bertz CT molecular complexity index is 423. The Morgan fingerprint density at radius 2 is 1.85 bits per heavy atom. The van der Waals surface area contributed by atoms with Crippen molar-refractivity contribution in [3.8, 4) is 0 Å². The summed E-state index contributed by atoms with van der Waals surface area (Å²) in [6.07, 6.45) is 5.43. The molecule has 0 atom stereocenters. The van der Waals surface area contributed by atoms with Gasteiger partial charge in [0.05, 0.1) is 12.5 Å². The lowest BCUT2D eigenvalue weighted by atomic mass is 9.93. The van der Waals surface area contributed by atoms with Crippen LogP contribution in [0.3, 0.4) is 0 Å². The Morgan fingerprint density at radius 1 is 1.20 bits per heavy atom. The zero-order chi connectivity index (χ0) is 14.4. The lowest BCUT2D eigenvalue weighted by Gasteiger charge is -2.28. The van der Waals surface area contributed by atoms with Gasteiger partial charge in [-0.2, -0.15) is 0 Å². The molecule has 20 heavy (non-hydrogen) atoms. The third-order valence-corrected chi connectivity index (χ3v) is 3.98. The van der Waals surface area contributed by atoms with Crippen LogP contribution in [0.4, 0.5) is 5.69 Å². The molecule has 1 aromatic carbocycles. The standard InChI is InChI=1S/C16H24N2O2/c1-17-16(19)11-12-3-5-13(6-4-12)18-14-7-9-15(20-2)10-8-14/h3-6,14-15,18H,7-11H2,1-2H3,(H,17,19). The van der Waals surface area contributed by atoms with E-state index in [0.29, 0.717) is 18.6 Å². The third-order valence-electron chi connectivity index (χ3n) is 3.98. The van der Waals surface area contributed by atoms with E-state index < -0.39 is 0 Å². The van der Waals surface area contributed by atoms with Gasteiger partial charge in [-0.3, -0.25) is 4.79 Å². The number of hydrogen-bond acceptors (Lipinski definition) is 3. The fraction of sp³-hybridized carbons (Fsp3) is 0.562. The number of carbonyl (C=O) groups excluding carboxylic acids is 1. The zero-order valence-corrected chi connectivity index (χ0v) is 12.3. The van der Waals surface area contributed by atoms with Crippen molar-refractivity contribution < 1.29 is 9.53 Å². The van der Waals surface area contributed by atoms with Crippen molar-refractivity contribution >= 4 is 11.6 Å². The predicted molar refractivity (Wildman–Crippen MR) is 80.9 cm³/mol. The number of rotatable bonds is 5. The Balaban J connectivity index is 1.83. The smallest absolute Gasteiger partial charge is 0.224 e. The highest BCUT2D eigenvalue weighted by atomic mass is 16.5. The van der Waals surface area contributed by atoms with Crippen molar-refractivity contribution in [2.75, 3.05) is 19.5 Å². The second-order valence-corrected chi connectivity index (χ2v) is 5.40. The van der Waals surface area contributed by atoms with Gasteiger partial charge in [0, 0.05) is 25.9 Å². The molecule has 0 bridgehead atoms. The van der Waals surface area contributed by atoms with Gasteiger partial charge >= 0.3 is 0 Å². The van der Waals surface area contributed by atoms with Crippen LogP contribution in [0.1, 0.15) is 31.2 Å². The highest BCUT2D eigenvalue weighted by Crippen LogP contribution is 2.23. The van der Waals surface area contributed by atoms with E-state index in [0.717, 1.165) is 36.9 Å². The molecule has 0 heterocycles. The van der Waals surface area contributed by atoms with E-state index in [2.05, 4.69) is 22.8 Å². The number of hydrogen-bond donors (Lipinski definition) is 2. The van der Waals surface area contributed by atoms with E-state index in [1.54, 1.807) is 14.2 Å². The summed E-state index contributed by atoms with van der Waals surface area (Å²) in [5, 5.41) is 6.20. The predicted octanol–water partition coefficient (Wildman–Crippen LogP) is 2.34. The van der Waals surface area contributed by atoms with Crippen LogP contribution >= 0.6 is 0 Å². The Kier molecular flexibility index (Phi) is 5.41. The number of benzene rings is 1. The minimum atomic E-state index is 0.0450. The molecule has 1 aliphatic rings. The van der Waals surface area contributed by atoms with Gasteiger partial charge in [-0.25, -0.2) is 0 Å². The maximum atomic E-state index is 11.3. The summed E-state index contributed by atoms with van der Waals surface area (Å²) in [4.78, 5) is 11.3. The normalized spacial score (nSPS) is 22.3. The van der Waals surface area contributed by atoms with Gasteiger partial charge in [0.15, 0.2) is 0 Å². The van der Waals surface area contributed by atoms with Gasteiger partial charge in [-0.1, -0.05) is 12.1 Å². The van der Waals surface area contributed by atoms with E-state index in [9.17, 15) is 4.79 Å². The molecule has 1 saturated carbocycles. The molecule has 1 fully saturated rings. The summed E-state index contributed by atoms with van der Waals surface area (Å²) in [6, 6.07) is 8.67. The van der Waals surface area contributed by atoms with Gasteiger partial charge in [-0.15, -0.1) is 0 Å². The van der Waals surface area contributed by atoms with Gasteiger partial charge in [0.25, 0.3) is 0 Å². The highest BCUT2D eigenvalue weighted by Gasteiger charge is 2.20. The molecule has 0 radical (unpaired) electrons. The number of anilines is 1. The fourth-order valence-electron chi connectivity index (χ4n) is 2.67. The number of likely N-dealkylation sites (N-methyl/N-ethyl adjacent to an activating group) is 1. The van der Waals surface area contributed by atoms with E-state index in [1.807, 2.05) is 12.1 Å². The van der Waals surface area contributed by atoms with Crippen LogP contribution in [-0.2, 0) is 16.0 Å². The van der Waals surface area contributed by atoms with E-state index in [1.165, 1.54) is 0 Å². The fourth-order valence-corrected chi connectivity index (χ4v) is 2.67. The van der Waals surface area contributed by atoms with Gasteiger partial charge < -0.3 is 15.4 Å². The molecule has 0 spiro atoms. The largest absolute Gasteiger partial charge is 0.382 e. The number of nitrogens with one attached hydrogen (secondary N) is 2. The van der Waals surface area contributed by atoms with Crippen molar-refractivity contribution in [1.82, 2.24) is 5.32 Å². The Hall–Kier alpha value is -1.55. The lowest BCUT2D eigenvalue weighted by Crippen LogP contribution is -2.29. The topological polar surface area (TPSA) is 50.4 Å². The third kappa shape index (κ3) is 4.23. The summed E-state index contributed by atoms with van der Waals surface area (Å²) < 4.78 is 5.39. The Morgan fingerprint density at radius 3 is 2.40 bits per heavy atom. The first-order valence-corrected chi connectivity index (χ1v) is 7.30. The first-order chi connectivity index (χ1) is 9.71. The van der Waals surface area contributed by atoms with Crippen LogP contribution in [-0.4, -0.2) is 32.2 Å². The van der Waals surface area contributed by atoms with Crippen molar-refractivity contribution in [3.63, 3.8) is 0 Å². The summed E-state index contributed by atoms with van der Waals surface area (Å²) in [5.41, 5.74) is 2.17. The monoisotopic (exact) mass is 276 g/mol. The van der Waals surface area contributed by atoms with Crippen LogP contribution in [0.15, 0.2) is 24.3 Å². The van der Waals surface area contributed by atoms with Crippen LogP contribution in [0.2, 0.25) is 0 Å². The maximum Gasteiger partial charge on any atom is 0.224 e. The van der Waals surface area contributed by atoms with Crippen LogP contribution in [0, 0.1) is 0 Å². The molecule has 4 heteroatoms. The summed E-state index contributed by atoms with van der Waals surface area (Å²) in [5.74, 6) is 0.0450. The van der Waals surface area contributed by atoms with E-state index in [-0.39, 0.29) is 5.91 Å². The molecule has 0 saturated heterocycles. The first kappa shape index (κ1) is 14.9. The van der Waals surface area contributed by atoms with Crippen molar-refractivity contribution in [3.05, 3.63) is 29.8 Å². The molecule has 1 aliphatic carbocycles. The van der Waals surface area contributed by atoms with Gasteiger partial charge in [0.2, 0.25) is 5.91 Å². The van der Waals surface area contributed by atoms with Crippen LogP contribution < -0.4 is 10.6 Å². The summed E-state index contributed by atoms with van der Waals surface area (Å²) in [6.45, 7) is 0. The average molecular weight is 276 g/mol. The van der Waals surface area contributed by atoms with Crippen LogP contribution in [0.5, 0.6) is 0 Å². The van der Waals surface area contributed by atoms with Crippen molar-refractivity contribution in [1.29, 1.82) is 0 Å². The SMILES string of the molecule is CNC(=O)Cc1ccc(NC2CCC(OC)CC2)cc1. The molecule has 4 nitrogen and oxygen atoms in total. The van der Waals surface area contributed by atoms with Gasteiger partial charge in [0.1, 0.15) is 0 Å². The maximum absolute atomic E-state index is 11.3. The number of amides is 1. The quantitative estimate of drug-likeness (QED) is 0.868. The molecule has 1 aromatic rings. The molecular formula is C16H24N2O2. The highest BCUT2D eigenvalue weighted by molar-refractivity contribution is 5.78. The van der Waals surface area contributed by atoms with Crippen molar-refractivity contribution in [2.45, 2.75) is 44.2 Å². The molecule has 0 unspecified atom stereocenters. The first-order valence-electron chi connectivity index (χ1n) is 7.30. The molecular weight excluding hydrogens is 252 g/mol. The minimum Gasteiger partial charge on any atom is -0.382 e. The van der Waals surface area contributed by atoms with E-state index >= 15 is 0 Å². The molecule has 0 aliphatic heterocycles. The average Bonchev–Trinajstić information content (AvgIpc) is 2.50. The number of methoxy groups -OCH3 is 1. The molecule has 1 amide bonds. The second kappa shape index (κ2) is 7.29. The number of carbonyl (C=O) groups is 1. The Labute approximate surface area is 120 Å². The molecule has 110 valence electrons. The lowest BCUT2D eigenvalue weighted by molar-refractivity contribution is -0.119. The molecule has 2 rings (SSSR count). The number of ether oxygens (including phenoxy) is 1. The summed E-state index contributed by atoms with van der Waals surface area (Å²) >= 11 is 0. The van der Waals surface area contributed by atoms with Crippen molar-refractivity contribution in [2.24, 2.45) is 0 Å². The second-order valence-electron chi connectivity index (χ2n) is 5.40. The zero-order valence-electron chi connectivity index (χ0n) is 12.3. The van der Waals surface area contributed by atoms with Crippen LogP contribution in [0.25, 0.3) is 0 Å². The molecule has 0 aromatic heterocycles. The van der Waals surface area contributed by atoms with E-state index in [4.69, 9.17) is 4.74 Å².